The van der Waals surface area contributed by atoms with Gasteiger partial charge in [-0.2, -0.15) is 0 Å². The summed E-state index contributed by atoms with van der Waals surface area (Å²) in [6.07, 6.45) is 2.69. The fourth-order valence-corrected chi connectivity index (χ4v) is 3.21. The number of aromatic nitrogens is 1. The first kappa shape index (κ1) is 15.5. The van der Waals surface area contributed by atoms with Crippen LogP contribution < -0.4 is 15.0 Å². The van der Waals surface area contributed by atoms with Gasteiger partial charge in [0.15, 0.2) is 5.13 Å². The Morgan fingerprint density at radius 3 is 2.78 bits per heavy atom. The van der Waals surface area contributed by atoms with Crippen LogP contribution in [0.2, 0.25) is 0 Å². The van der Waals surface area contributed by atoms with E-state index in [4.69, 9.17) is 4.74 Å². The maximum absolute atomic E-state index is 12.3. The molecule has 2 heterocycles. The molecule has 0 spiro atoms. The average Bonchev–Trinajstić information content (AvgIpc) is 3.18. The number of hydrogen-bond acceptors (Lipinski definition) is 6. The molecule has 0 saturated carbocycles. The molecule has 1 saturated heterocycles. The number of hydrogen-bond donors (Lipinski definition) is 1. The molecular weight excluding hydrogens is 314 g/mol. The van der Waals surface area contributed by atoms with E-state index in [-0.39, 0.29) is 17.9 Å². The highest BCUT2D eigenvalue weighted by molar-refractivity contribution is 7.13. The highest BCUT2D eigenvalue weighted by Gasteiger charge is 2.25. The Morgan fingerprint density at radius 2 is 2.13 bits per heavy atom. The molecule has 1 fully saturated rings. The van der Waals surface area contributed by atoms with Crippen molar-refractivity contribution in [2.45, 2.75) is 19.4 Å². The molecule has 1 aromatic heterocycles. The zero-order valence-corrected chi connectivity index (χ0v) is 13.5. The Bertz CT molecular complexity index is 685. The number of benzene rings is 1. The Hall–Kier alpha value is -2.41. The molecule has 0 radical (unpaired) electrons. The molecule has 1 aliphatic rings. The summed E-state index contributed by atoms with van der Waals surface area (Å²) in [6, 6.07) is 6.65. The Kier molecular flexibility index (Phi) is 4.57. The van der Waals surface area contributed by atoms with E-state index in [2.05, 4.69) is 15.2 Å². The zero-order valence-electron chi connectivity index (χ0n) is 12.7. The maximum Gasteiger partial charge on any atom is 0.308 e. The van der Waals surface area contributed by atoms with Gasteiger partial charge in [-0.1, -0.05) is 0 Å². The van der Waals surface area contributed by atoms with Crippen LogP contribution in [0.15, 0.2) is 35.8 Å². The molecule has 23 heavy (non-hydrogen) atoms. The van der Waals surface area contributed by atoms with E-state index in [0.717, 1.165) is 24.6 Å². The Labute approximate surface area is 138 Å². The molecule has 1 aliphatic heterocycles. The lowest BCUT2D eigenvalue weighted by Gasteiger charge is -2.15. The molecule has 1 N–H and O–H groups in total. The van der Waals surface area contributed by atoms with Crippen molar-refractivity contribution in [3.8, 4) is 5.75 Å². The van der Waals surface area contributed by atoms with Gasteiger partial charge >= 0.3 is 5.97 Å². The van der Waals surface area contributed by atoms with Gasteiger partial charge in [-0.3, -0.25) is 9.59 Å². The molecule has 1 aromatic carbocycles. The van der Waals surface area contributed by atoms with E-state index in [1.54, 1.807) is 41.8 Å². The van der Waals surface area contributed by atoms with Crippen molar-refractivity contribution in [3.05, 3.63) is 41.4 Å². The SMILES string of the molecule is CC(=O)Oc1ccc(C(=O)NC2CCN(c3nccs3)C2)cc1. The Balaban J connectivity index is 1.56. The lowest BCUT2D eigenvalue weighted by Crippen LogP contribution is -2.37. The van der Waals surface area contributed by atoms with Crippen molar-refractivity contribution < 1.29 is 14.3 Å². The van der Waals surface area contributed by atoms with Gasteiger partial charge in [-0.05, 0) is 30.7 Å². The van der Waals surface area contributed by atoms with Crippen LogP contribution in [0.4, 0.5) is 5.13 Å². The van der Waals surface area contributed by atoms with Gasteiger partial charge in [0.05, 0.1) is 0 Å². The van der Waals surface area contributed by atoms with E-state index >= 15 is 0 Å². The molecule has 120 valence electrons. The number of carbonyl (C=O) groups excluding carboxylic acids is 2. The molecule has 0 aliphatic carbocycles. The number of esters is 1. The van der Waals surface area contributed by atoms with Crippen LogP contribution in [-0.2, 0) is 4.79 Å². The number of thiazole rings is 1. The molecule has 1 amide bonds. The van der Waals surface area contributed by atoms with Crippen LogP contribution in [-0.4, -0.2) is 36.0 Å². The number of amides is 1. The highest BCUT2D eigenvalue weighted by Crippen LogP contribution is 2.22. The number of nitrogens with zero attached hydrogens (tertiary/aromatic N) is 2. The van der Waals surface area contributed by atoms with E-state index in [1.165, 1.54) is 6.92 Å². The van der Waals surface area contributed by atoms with E-state index < -0.39 is 0 Å². The normalized spacial score (nSPS) is 17.1. The molecule has 3 rings (SSSR count). The van der Waals surface area contributed by atoms with Crippen LogP contribution in [0.5, 0.6) is 5.75 Å². The zero-order chi connectivity index (χ0) is 16.2. The summed E-state index contributed by atoms with van der Waals surface area (Å²) in [7, 11) is 0. The third-order valence-corrected chi connectivity index (χ3v) is 4.42. The lowest BCUT2D eigenvalue weighted by atomic mass is 10.2. The van der Waals surface area contributed by atoms with Gasteiger partial charge in [0.25, 0.3) is 5.91 Å². The van der Waals surface area contributed by atoms with Crippen molar-refractivity contribution in [1.29, 1.82) is 0 Å². The van der Waals surface area contributed by atoms with E-state index in [9.17, 15) is 9.59 Å². The molecule has 0 bridgehead atoms. The topological polar surface area (TPSA) is 71.5 Å². The lowest BCUT2D eigenvalue weighted by molar-refractivity contribution is -0.131. The minimum absolute atomic E-state index is 0.111. The fraction of sp³-hybridized carbons (Fsp3) is 0.312. The van der Waals surface area contributed by atoms with Crippen molar-refractivity contribution in [3.63, 3.8) is 0 Å². The second-order valence-corrected chi connectivity index (χ2v) is 6.21. The van der Waals surface area contributed by atoms with Gasteiger partial charge in [0, 0.05) is 43.2 Å². The first-order valence-corrected chi connectivity index (χ1v) is 8.23. The largest absolute Gasteiger partial charge is 0.427 e. The van der Waals surface area contributed by atoms with Gasteiger partial charge in [0.1, 0.15) is 5.75 Å². The summed E-state index contributed by atoms with van der Waals surface area (Å²) in [5, 5.41) is 5.98. The monoisotopic (exact) mass is 331 g/mol. The quantitative estimate of drug-likeness (QED) is 0.686. The first-order chi connectivity index (χ1) is 11.1. The van der Waals surface area contributed by atoms with Crippen molar-refractivity contribution in [1.82, 2.24) is 10.3 Å². The Morgan fingerprint density at radius 1 is 1.35 bits per heavy atom. The second-order valence-electron chi connectivity index (χ2n) is 5.34. The summed E-state index contributed by atoms with van der Waals surface area (Å²) in [5.41, 5.74) is 0.550. The van der Waals surface area contributed by atoms with Crippen LogP contribution in [0.25, 0.3) is 0 Å². The molecule has 7 heteroatoms. The number of rotatable bonds is 4. The predicted molar refractivity (Wildman–Crippen MR) is 87.9 cm³/mol. The molecular formula is C16H17N3O3S. The summed E-state index contributed by atoms with van der Waals surface area (Å²) < 4.78 is 4.95. The van der Waals surface area contributed by atoms with E-state index in [1.807, 2.05) is 5.38 Å². The third-order valence-electron chi connectivity index (χ3n) is 3.59. The van der Waals surface area contributed by atoms with Crippen LogP contribution in [0, 0.1) is 0 Å². The standard InChI is InChI=1S/C16H17N3O3S/c1-11(20)22-14-4-2-12(3-5-14)15(21)18-13-6-8-19(10-13)16-17-7-9-23-16/h2-5,7,9,13H,6,8,10H2,1H3,(H,18,21). The molecule has 1 atom stereocenters. The van der Waals surface area contributed by atoms with Gasteiger partial charge in [-0.15, -0.1) is 11.3 Å². The number of nitrogens with one attached hydrogen (secondary N) is 1. The molecule has 1 unspecified atom stereocenters. The van der Waals surface area contributed by atoms with Crippen molar-refractivity contribution >= 4 is 28.3 Å². The third kappa shape index (κ3) is 3.87. The predicted octanol–water partition coefficient (Wildman–Crippen LogP) is 2.08. The fourth-order valence-electron chi connectivity index (χ4n) is 2.53. The first-order valence-electron chi connectivity index (χ1n) is 7.35. The summed E-state index contributed by atoms with van der Waals surface area (Å²) >= 11 is 1.60. The smallest absolute Gasteiger partial charge is 0.308 e. The van der Waals surface area contributed by atoms with Gasteiger partial charge in [0.2, 0.25) is 0 Å². The van der Waals surface area contributed by atoms with Crippen LogP contribution >= 0.6 is 11.3 Å². The summed E-state index contributed by atoms with van der Waals surface area (Å²) in [5.74, 6) is -0.0642. The van der Waals surface area contributed by atoms with Crippen molar-refractivity contribution in [2.75, 3.05) is 18.0 Å². The van der Waals surface area contributed by atoms with E-state index in [0.29, 0.717) is 11.3 Å². The minimum Gasteiger partial charge on any atom is -0.427 e. The number of ether oxygens (including phenoxy) is 1. The van der Waals surface area contributed by atoms with Crippen molar-refractivity contribution in [2.24, 2.45) is 0 Å². The molecule has 2 aromatic rings. The van der Waals surface area contributed by atoms with Gasteiger partial charge in [-0.25, -0.2) is 4.98 Å². The summed E-state index contributed by atoms with van der Waals surface area (Å²) in [4.78, 5) is 29.6. The van der Waals surface area contributed by atoms with Crippen LogP contribution in [0.1, 0.15) is 23.7 Å². The van der Waals surface area contributed by atoms with Gasteiger partial charge < -0.3 is 15.0 Å². The number of anilines is 1. The minimum atomic E-state index is -0.379. The second kappa shape index (κ2) is 6.78. The average molecular weight is 331 g/mol. The highest BCUT2D eigenvalue weighted by atomic mass is 32.1. The summed E-state index contributed by atoms with van der Waals surface area (Å²) in [6.45, 7) is 3.00. The van der Waals surface area contributed by atoms with Crippen LogP contribution in [0.3, 0.4) is 0 Å². The number of carbonyl (C=O) groups is 2. The maximum atomic E-state index is 12.3. The molecule has 6 nitrogen and oxygen atoms in total.